The third-order valence-electron chi connectivity index (χ3n) is 3.10. The molecule has 0 aliphatic carbocycles. The molecule has 1 fully saturated rings. The Labute approximate surface area is 99.9 Å². The molecule has 0 amide bonds. The summed E-state index contributed by atoms with van der Waals surface area (Å²) in [7, 11) is 0. The zero-order valence-corrected chi connectivity index (χ0v) is 11.0. The van der Waals surface area contributed by atoms with Crippen molar-refractivity contribution in [2.75, 3.05) is 26.4 Å². The molecule has 0 spiro atoms. The zero-order chi connectivity index (χ0) is 11.8. The van der Waals surface area contributed by atoms with Crippen LogP contribution in [0.5, 0.6) is 0 Å². The van der Waals surface area contributed by atoms with Crippen molar-refractivity contribution in [2.45, 2.75) is 52.2 Å². The van der Waals surface area contributed by atoms with E-state index >= 15 is 0 Å². The summed E-state index contributed by atoms with van der Waals surface area (Å²) in [5.41, 5.74) is 0. The maximum atomic E-state index is 5.75. The van der Waals surface area contributed by atoms with E-state index in [0.29, 0.717) is 12.1 Å². The van der Waals surface area contributed by atoms with Gasteiger partial charge in [0.05, 0.1) is 12.7 Å². The van der Waals surface area contributed by atoms with E-state index in [1.54, 1.807) is 0 Å². The van der Waals surface area contributed by atoms with E-state index < -0.39 is 0 Å². The fraction of sp³-hybridized carbons (Fsp3) is 1.00. The standard InChI is InChI=1S/C13H27NO2/c1-4-7-14-13(10-16-11(2)3)12-5-8-15-9-6-12/h11-14H,4-10H2,1-3H3. The molecule has 0 saturated carbocycles. The van der Waals surface area contributed by atoms with Crippen molar-refractivity contribution in [1.29, 1.82) is 0 Å². The van der Waals surface area contributed by atoms with Crippen molar-refractivity contribution < 1.29 is 9.47 Å². The van der Waals surface area contributed by atoms with E-state index in [0.717, 1.165) is 32.3 Å². The number of ether oxygens (including phenoxy) is 2. The van der Waals surface area contributed by atoms with Crippen LogP contribution in [-0.4, -0.2) is 38.5 Å². The van der Waals surface area contributed by atoms with Gasteiger partial charge in [-0.25, -0.2) is 0 Å². The minimum absolute atomic E-state index is 0.325. The van der Waals surface area contributed by atoms with Gasteiger partial charge in [-0.1, -0.05) is 6.92 Å². The molecule has 1 atom stereocenters. The SMILES string of the molecule is CCCNC(COC(C)C)C1CCOCC1. The van der Waals surface area contributed by atoms with Gasteiger partial charge in [-0.15, -0.1) is 0 Å². The Morgan fingerprint density at radius 2 is 2.00 bits per heavy atom. The van der Waals surface area contributed by atoms with Crippen LogP contribution in [0.15, 0.2) is 0 Å². The van der Waals surface area contributed by atoms with Gasteiger partial charge in [-0.05, 0) is 45.6 Å². The quantitative estimate of drug-likeness (QED) is 0.726. The highest BCUT2D eigenvalue weighted by Gasteiger charge is 2.23. The Morgan fingerprint density at radius 3 is 2.56 bits per heavy atom. The Bertz CT molecular complexity index is 167. The van der Waals surface area contributed by atoms with Crippen LogP contribution in [0.3, 0.4) is 0 Å². The van der Waals surface area contributed by atoms with Crippen LogP contribution in [0, 0.1) is 5.92 Å². The molecule has 96 valence electrons. The fourth-order valence-corrected chi connectivity index (χ4v) is 2.11. The molecule has 0 aromatic rings. The van der Waals surface area contributed by atoms with Crippen LogP contribution in [-0.2, 0) is 9.47 Å². The smallest absolute Gasteiger partial charge is 0.0625 e. The monoisotopic (exact) mass is 229 g/mol. The maximum Gasteiger partial charge on any atom is 0.0625 e. The molecule has 16 heavy (non-hydrogen) atoms. The number of rotatable bonds is 7. The summed E-state index contributed by atoms with van der Waals surface area (Å²) in [6.07, 6.45) is 3.85. The Kier molecular flexibility index (Phi) is 7.01. The van der Waals surface area contributed by atoms with Gasteiger partial charge >= 0.3 is 0 Å². The van der Waals surface area contributed by atoms with Crippen molar-refractivity contribution in [3.63, 3.8) is 0 Å². The summed E-state index contributed by atoms with van der Waals surface area (Å²) in [5.74, 6) is 0.721. The van der Waals surface area contributed by atoms with Crippen molar-refractivity contribution in [3.05, 3.63) is 0 Å². The molecule has 0 aromatic heterocycles. The van der Waals surface area contributed by atoms with Crippen molar-refractivity contribution in [2.24, 2.45) is 5.92 Å². The largest absolute Gasteiger partial charge is 0.381 e. The number of nitrogens with one attached hydrogen (secondary N) is 1. The van der Waals surface area contributed by atoms with Gasteiger partial charge in [0.2, 0.25) is 0 Å². The third-order valence-corrected chi connectivity index (χ3v) is 3.10. The molecule has 0 aromatic carbocycles. The maximum absolute atomic E-state index is 5.75. The van der Waals surface area contributed by atoms with Crippen LogP contribution in [0.25, 0.3) is 0 Å². The van der Waals surface area contributed by atoms with Crippen LogP contribution in [0.2, 0.25) is 0 Å². The van der Waals surface area contributed by atoms with E-state index in [1.165, 1.54) is 19.3 Å². The van der Waals surface area contributed by atoms with Gasteiger partial charge in [0.1, 0.15) is 0 Å². The van der Waals surface area contributed by atoms with Gasteiger partial charge in [-0.3, -0.25) is 0 Å². The van der Waals surface area contributed by atoms with Gasteiger partial charge in [0.15, 0.2) is 0 Å². The van der Waals surface area contributed by atoms with E-state index in [9.17, 15) is 0 Å². The molecule has 3 heteroatoms. The van der Waals surface area contributed by atoms with E-state index in [2.05, 4.69) is 26.1 Å². The molecule has 0 radical (unpaired) electrons. The predicted molar refractivity (Wildman–Crippen MR) is 66.7 cm³/mol. The second kappa shape index (κ2) is 8.04. The molecule has 1 saturated heterocycles. The molecule has 0 bridgehead atoms. The first-order valence-electron chi connectivity index (χ1n) is 6.66. The summed E-state index contributed by atoms with van der Waals surface area (Å²) in [4.78, 5) is 0. The van der Waals surface area contributed by atoms with Gasteiger partial charge < -0.3 is 14.8 Å². The molecule has 1 aliphatic rings. The van der Waals surface area contributed by atoms with E-state index in [4.69, 9.17) is 9.47 Å². The molecule has 1 aliphatic heterocycles. The van der Waals surface area contributed by atoms with Crippen molar-refractivity contribution in [1.82, 2.24) is 5.32 Å². The second-order valence-electron chi connectivity index (χ2n) is 4.89. The molecule has 3 nitrogen and oxygen atoms in total. The summed E-state index contributed by atoms with van der Waals surface area (Å²) < 4.78 is 11.2. The highest BCUT2D eigenvalue weighted by Crippen LogP contribution is 2.19. The molecule has 1 rings (SSSR count). The molecule has 1 unspecified atom stereocenters. The summed E-state index contributed by atoms with van der Waals surface area (Å²) >= 11 is 0. The van der Waals surface area contributed by atoms with Crippen LogP contribution in [0.1, 0.15) is 40.0 Å². The minimum Gasteiger partial charge on any atom is -0.381 e. The van der Waals surface area contributed by atoms with Gasteiger partial charge in [0.25, 0.3) is 0 Å². The van der Waals surface area contributed by atoms with Crippen LogP contribution < -0.4 is 5.32 Å². The van der Waals surface area contributed by atoms with Crippen molar-refractivity contribution >= 4 is 0 Å². The molecular formula is C13H27NO2. The average Bonchev–Trinajstić information content (AvgIpc) is 2.30. The summed E-state index contributed by atoms with van der Waals surface area (Å²) in [6, 6.07) is 0.506. The lowest BCUT2D eigenvalue weighted by Gasteiger charge is -2.31. The topological polar surface area (TPSA) is 30.5 Å². The predicted octanol–water partition coefficient (Wildman–Crippen LogP) is 2.21. The first-order chi connectivity index (χ1) is 7.74. The third kappa shape index (κ3) is 5.28. The van der Waals surface area contributed by atoms with Gasteiger partial charge in [0, 0.05) is 19.3 Å². The second-order valence-corrected chi connectivity index (χ2v) is 4.89. The Morgan fingerprint density at radius 1 is 1.31 bits per heavy atom. The average molecular weight is 229 g/mol. The lowest BCUT2D eigenvalue weighted by atomic mass is 9.92. The first kappa shape index (κ1) is 13.9. The molecule has 1 heterocycles. The normalized spacial score (nSPS) is 20.2. The molecule has 1 N–H and O–H groups in total. The van der Waals surface area contributed by atoms with E-state index in [1.807, 2.05) is 0 Å². The Balaban J connectivity index is 2.34. The van der Waals surface area contributed by atoms with Gasteiger partial charge in [-0.2, -0.15) is 0 Å². The number of hydrogen-bond donors (Lipinski definition) is 1. The Hall–Kier alpha value is -0.120. The molecular weight excluding hydrogens is 202 g/mol. The lowest BCUT2D eigenvalue weighted by molar-refractivity contribution is 0.0127. The first-order valence-corrected chi connectivity index (χ1v) is 6.66. The fourth-order valence-electron chi connectivity index (χ4n) is 2.11. The lowest BCUT2D eigenvalue weighted by Crippen LogP contribution is -2.43. The zero-order valence-electron chi connectivity index (χ0n) is 11.0. The minimum atomic E-state index is 0.325. The summed E-state index contributed by atoms with van der Waals surface area (Å²) in [6.45, 7) is 10.2. The summed E-state index contributed by atoms with van der Waals surface area (Å²) in [5, 5.41) is 3.61. The van der Waals surface area contributed by atoms with E-state index in [-0.39, 0.29) is 0 Å². The number of hydrogen-bond acceptors (Lipinski definition) is 3. The van der Waals surface area contributed by atoms with Crippen LogP contribution >= 0.6 is 0 Å². The van der Waals surface area contributed by atoms with Crippen LogP contribution in [0.4, 0.5) is 0 Å². The van der Waals surface area contributed by atoms with Crippen molar-refractivity contribution in [3.8, 4) is 0 Å². The highest BCUT2D eigenvalue weighted by atomic mass is 16.5. The highest BCUT2D eigenvalue weighted by molar-refractivity contribution is 4.78.